The number of rotatable bonds is 6. The van der Waals surface area contributed by atoms with Gasteiger partial charge >= 0.3 is 0 Å². The van der Waals surface area contributed by atoms with E-state index in [1.807, 2.05) is 31.4 Å². The molecule has 2 aliphatic heterocycles. The highest BCUT2D eigenvalue weighted by atomic mass is 16.3. The van der Waals surface area contributed by atoms with Crippen LogP contribution in [0.15, 0.2) is 54.9 Å². The first-order valence-electron chi connectivity index (χ1n) is 11.2. The fraction of sp³-hybridized carbons (Fsp3) is 0.360. The zero-order valence-electron chi connectivity index (χ0n) is 18.4. The molecule has 5 rings (SSSR count). The lowest BCUT2D eigenvalue weighted by molar-refractivity contribution is 0.0493. The zero-order valence-corrected chi connectivity index (χ0v) is 18.4. The summed E-state index contributed by atoms with van der Waals surface area (Å²) in [7, 11) is 1.87. The second kappa shape index (κ2) is 8.76. The molecule has 7 heteroatoms. The Morgan fingerprint density at radius 2 is 1.84 bits per heavy atom. The van der Waals surface area contributed by atoms with Gasteiger partial charge in [0.15, 0.2) is 0 Å². The molecule has 1 unspecified atom stereocenters. The maximum absolute atomic E-state index is 13.2. The van der Waals surface area contributed by atoms with Gasteiger partial charge in [-0.15, -0.1) is 0 Å². The largest absolute Gasteiger partial charge is 0.390 e. The topological polar surface area (TPSA) is 73.6 Å². The molecule has 166 valence electrons. The lowest BCUT2D eigenvalue weighted by Gasteiger charge is -2.34. The second-order valence-corrected chi connectivity index (χ2v) is 8.81. The van der Waals surface area contributed by atoms with E-state index in [4.69, 9.17) is 0 Å². The highest BCUT2D eigenvalue weighted by Gasteiger charge is 2.27. The van der Waals surface area contributed by atoms with E-state index in [0.717, 1.165) is 42.9 Å². The van der Waals surface area contributed by atoms with Crippen LogP contribution in [0.5, 0.6) is 0 Å². The van der Waals surface area contributed by atoms with Gasteiger partial charge in [-0.3, -0.25) is 14.4 Å². The molecule has 2 aromatic carbocycles. The van der Waals surface area contributed by atoms with Gasteiger partial charge in [-0.1, -0.05) is 30.3 Å². The Morgan fingerprint density at radius 1 is 1.03 bits per heavy atom. The van der Waals surface area contributed by atoms with Gasteiger partial charge in [0.05, 0.1) is 18.0 Å². The first-order chi connectivity index (χ1) is 15.5. The molecule has 0 bridgehead atoms. The highest BCUT2D eigenvalue weighted by Crippen LogP contribution is 2.25. The first kappa shape index (κ1) is 20.7. The summed E-state index contributed by atoms with van der Waals surface area (Å²) in [5.41, 5.74) is 6.25. The fourth-order valence-corrected chi connectivity index (χ4v) is 4.75. The molecule has 0 aliphatic carbocycles. The third kappa shape index (κ3) is 4.40. The average Bonchev–Trinajstić information content (AvgIpc) is 3.20. The van der Waals surface area contributed by atoms with Crippen molar-refractivity contribution in [2.45, 2.75) is 25.5 Å². The van der Waals surface area contributed by atoms with Gasteiger partial charge in [-0.05, 0) is 41.7 Å². The number of fused-ring (bicyclic) bond motifs is 2. The van der Waals surface area contributed by atoms with Gasteiger partial charge in [-0.25, -0.2) is 0 Å². The van der Waals surface area contributed by atoms with E-state index in [1.54, 1.807) is 15.8 Å². The Bertz CT molecular complexity index is 1130. The van der Waals surface area contributed by atoms with Crippen LogP contribution in [0.1, 0.15) is 27.0 Å². The summed E-state index contributed by atoms with van der Waals surface area (Å²) < 4.78 is 1.73. The lowest BCUT2D eigenvalue weighted by Crippen LogP contribution is -2.46. The molecular weight excluding hydrogens is 402 g/mol. The number of nitrogens with one attached hydrogen (secondary N) is 1. The number of nitrogens with zero attached hydrogens (tertiary/aromatic N) is 4. The predicted molar refractivity (Wildman–Crippen MR) is 124 cm³/mol. The maximum Gasteiger partial charge on any atom is 0.254 e. The van der Waals surface area contributed by atoms with Crippen LogP contribution in [0, 0.1) is 0 Å². The molecule has 32 heavy (non-hydrogen) atoms. The molecule has 0 spiro atoms. The number of aliphatic hydroxyl groups is 1. The summed E-state index contributed by atoms with van der Waals surface area (Å²) in [6.07, 6.45) is 4.89. The molecule has 0 fully saturated rings. The number of amides is 1. The minimum atomic E-state index is -0.567. The van der Waals surface area contributed by atoms with Gasteiger partial charge in [-0.2, -0.15) is 5.10 Å². The second-order valence-electron chi connectivity index (χ2n) is 8.81. The molecule has 1 atom stereocenters. The summed E-state index contributed by atoms with van der Waals surface area (Å²) in [6.45, 7) is 3.37. The number of anilines is 2. The van der Waals surface area contributed by atoms with Gasteiger partial charge in [0.1, 0.15) is 0 Å². The normalized spacial score (nSPS) is 17.1. The molecule has 7 nitrogen and oxygen atoms in total. The van der Waals surface area contributed by atoms with E-state index in [9.17, 15) is 9.90 Å². The van der Waals surface area contributed by atoms with Crippen LogP contribution in [-0.4, -0.2) is 62.9 Å². The number of benzene rings is 2. The van der Waals surface area contributed by atoms with E-state index < -0.39 is 6.10 Å². The molecule has 2 aliphatic rings. The van der Waals surface area contributed by atoms with Gasteiger partial charge in [0.25, 0.3) is 5.91 Å². The number of β-amino-alcohol motifs (C(OH)–C–C–N with tert-alkyl or cyclic N) is 1. The molecule has 2 N–H and O–H groups in total. The third-order valence-corrected chi connectivity index (χ3v) is 6.38. The number of hydrogen-bond donors (Lipinski definition) is 2. The number of aromatic nitrogens is 2. The van der Waals surface area contributed by atoms with Crippen LogP contribution in [-0.2, 0) is 26.4 Å². The Labute approximate surface area is 188 Å². The van der Waals surface area contributed by atoms with Crippen molar-refractivity contribution < 1.29 is 9.90 Å². The lowest BCUT2D eigenvalue weighted by atomic mass is 9.97. The fourth-order valence-electron chi connectivity index (χ4n) is 4.75. The number of hydrogen-bond acceptors (Lipinski definition) is 5. The van der Waals surface area contributed by atoms with Crippen LogP contribution in [0.3, 0.4) is 0 Å². The third-order valence-electron chi connectivity index (χ3n) is 6.38. The molecule has 1 aromatic heterocycles. The number of aryl methyl sites for hydroxylation is 1. The Hall–Kier alpha value is -3.16. The maximum atomic E-state index is 13.2. The summed E-state index contributed by atoms with van der Waals surface area (Å²) in [6, 6.07) is 14.4. The average molecular weight is 432 g/mol. The van der Waals surface area contributed by atoms with Crippen LogP contribution >= 0.6 is 0 Å². The van der Waals surface area contributed by atoms with Crippen molar-refractivity contribution in [2.75, 3.05) is 31.5 Å². The van der Waals surface area contributed by atoms with Crippen molar-refractivity contribution in [1.82, 2.24) is 19.6 Å². The monoisotopic (exact) mass is 431 g/mol. The summed E-state index contributed by atoms with van der Waals surface area (Å²) >= 11 is 0. The number of aliphatic hydroxyl groups excluding tert-OH is 1. The number of carbonyl (C=O) groups is 1. The van der Waals surface area contributed by atoms with E-state index in [-0.39, 0.29) is 5.91 Å². The predicted octanol–water partition coefficient (Wildman–Crippen LogP) is 2.58. The standard InChI is InChI=1S/C25H29N5O2/c1-28-15-22(13-26-28)27-21-7-6-19-9-11-30(25(32)24(19)12-21)17-23(31)16-29-10-8-18-4-2-3-5-20(18)14-29/h2-7,12-13,15,23,27,31H,8-11,14,16-17H2,1H3. The molecule has 0 saturated carbocycles. The molecule has 3 aromatic rings. The summed E-state index contributed by atoms with van der Waals surface area (Å²) in [4.78, 5) is 17.2. The highest BCUT2D eigenvalue weighted by molar-refractivity contribution is 5.97. The number of carbonyl (C=O) groups excluding carboxylic acids is 1. The first-order valence-corrected chi connectivity index (χ1v) is 11.2. The van der Waals surface area contributed by atoms with Crippen LogP contribution < -0.4 is 5.32 Å². The Balaban J connectivity index is 1.22. The van der Waals surface area contributed by atoms with Gasteiger partial charge in [0.2, 0.25) is 0 Å². The molecule has 3 heterocycles. The van der Waals surface area contributed by atoms with Crippen molar-refractivity contribution in [1.29, 1.82) is 0 Å². The van der Waals surface area contributed by atoms with Crippen LogP contribution in [0.25, 0.3) is 0 Å². The van der Waals surface area contributed by atoms with Crippen molar-refractivity contribution >= 4 is 17.3 Å². The van der Waals surface area contributed by atoms with Crippen LogP contribution in [0.2, 0.25) is 0 Å². The minimum Gasteiger partial charge on any atom is -0.390 e. The van der Waals surface area contributed by atoms with Crippen molar-refractivity contribution in [3.05, 3.63) is 77.1 Å². The van der Waals surface area contributed by atoms with E-state index in [0.29, 0.717) is 25.2 Å². The molecular formula is C25H29N5O2. The Morgan fingerprint density at radius 3 is 2.66 bits per heavy atom. The van der Waals surface area contributed by atoms with E-state index in [2.05, 4.69) is 39.6 Å². The van der Waals surface area contributed by atoms with E-state index >= 15 is 0 Å². The molecule has 0 saturated heterocycles. The van der Waals surface area contributed by atoms with Crippen molar-refractivity contribution in [3.63, 3.8) is 0 Å². The van der Waals surface area contributed by atoms with Gasteiger partial charge in [0, 0.05) is 57.2 Å². The smallest absolute Gasteiger partial charge is 0.254 e. The van der Waals surface area contributed by atoms with Crippen LogP contribution in [0.4, 0.5) is 11.4 Å². The van der Waals surface area contributed by atoms with Gasteiger partial charge < -0.3 is 15.3 Å². The van der Waals surface area contributed by atoms with E-state index in [1.165, 1.54) is 11.1 Å². The Kier molecular flexibility index (Phi) is 5.68. The minimum absolute atomic E-state index is 0.0101. The van der Waals surface area contributed by atoms with Crippen molar-refractivity contribution in [2.24, 2.45) is 7.05 Å². The van der Waals surface area contributed by atoms with Crippen molar-refractivity contribution in [3.8, 4) is 0 Å². The zero-order chi connectivity index (χ0) is 22.1. The quantitative estimate of drug-likeness (QED) is 0.628. The molecule has 0 radical (unpaired) electrons. The SMILES string of the molecule is Cn1cc(Nc2ccc3c(c2)C(=O)N(CC(O)CN2CCc4ccccc4C2)CC3)cn1. The molecule has 1 amide bonds. The summed E-state index contributed by atoms with van der Waals surface area (Å²) in [5, 5.41) is 18.2. The summed E-state index contributed by atoms with van der Waals surface area (Å²) in [5.74, 6) is -0.0101.